The van der Waals surface area contributed by atoms with Crippen molar-refractivity contribution in [2.45, 2.75) is 89.9 Å². The first-order chi connectivity index (χ1) is 13.3. The third kappa shape index (κ3) is 12.5. The molecule has 0 fully saturated rings. The van der Waals surface area contributed by atoms with Crippen LogP contribution in [0.5, 0.6) is 5.75 Å². The van der Waals surface area contributed by atoms with Gasteiger partial charge in [-0.2, -0.15) is 0 Å². The predicted octanol–water partition coefficient (Wildman–Crippen LogP) is 6.22. The molecule has 1 rings (SSSR count). The highest BCUT2D eigenvalue weighted by Crippen LogP contribution is 2.18. The van der Waals surface area contributed by atoms with Crippen molar-refractivity contribution in [1.82, 2.24) is 0 Å². The molecule has 2 N–H and O–H groups in total. The second-order valence-electron chi connectivity index (χ2n) is 7.32. The summed E-state index contributed by atoms with van der Waals surface area (Å²) in [5, 5.41) is 17.8. The molecule has 0 radical (unpaired) electrons. The molecule has 0 amide bonds. The zero-order chi connectivity index (χ0) is 19.6. The quantitative estimate of drug-likeness (QED) is 0.298. The minimum atomic E-state index is -0.938. The molecule has 0 heterocycles. The SMILES string of the molecule is O=C(O)c1ccccc1OCCCCCCCCCCCCCCCCO. The molecule has 0 aliphatic rings. The Bertz CT molecular complexity index is 487. The number of ether oxygens (including phenoxy) is 1. The third-order valence-electron chi connectivity index (χ3n) is 4.93. The van der Waals surface area contributed by atoms with Gasteiger partial charge in [0.25, 0.3) is 0 Å². The standard InChI is InChI=1S/C23H38O4/c24-19-15-11-9-7-5-3-1-2-4-6-8-10-12-16-20-27-22-18-14-13-17-21(22)23(25)26/h13-14,17-18,24H,1-12,15-16,19-20H2,(H,25,26). The summed E-state index contributed by atoms with van der Waals surface area (Å²) in [6.45, 7) is 0.925. The molecule has 0 aliphatic carbocycles. The second-order valence-corrected chi connectivity index (χ2v) is 7.32. The molecule has 4 nitrogen and oxygen atoms in total. The van der Waals surface area contributed by atoms with E-state index in [4.69, 9.17) is 14.9 Å². The smallest absolute Gasteiger partial charge is 0.339 e. The number of para-hydroxylation sites is 1. The Labute approximate surface area is 164 Å². The van der Waals surface area contributed by atoms with Gasteiger partial charge >= 0.3 is 5.97 Å². The molecule has 1 aromatic rings. The lowest BCUT2D eigenvalue weighted by Crippen LogP contribution is -2.04. The van der Waals surface area contributed by atoms with Crippen LogP contribution < -0.4 is 4.74 Å². The molecule has 0 aliphatic heterocycles. The molecule has 0 aromatic heterocycles. The van der Waals surface area contributed by atoms with Crippen molar-refractivity contribution in [3.63, 3.8) is 0 Å². The van der Waals surface area contributed by atoms with E-state index in [9.17, 15) is 4.79 Å². The van der Waals surface area contributed by atoms with Gasteiger partial charge in [-0.05, 0) is 25.0 Å². The predicted molar refractivity (Wildman–Crippen MR) is 111 cm³/mol. The molecular formula is C23H38O4. The molecule has 154 valence electrons. The summed E-state index contributed by atoms with van der Waals surface area (Å²) in [5.74, 6) is -0.467. The number of benzene rings is 1. The first-order valence-corrected chi connectivity index (χ1v) is 10.8. The first kappa shape index (κ1) is 23.5. The number of aliphatic hydroxyl groups excluding tert-OH is 1. The average Bonchev–Trinajstić information content (AvgIpc) is 2.68. The van der Waals surface area contributed by atoms with Gasteiger partial charge in [0, 0.05) is 6.61 Å². The molecule has 0 saturated carbocycles. The van der Waals surface area contributed by atoms with Crippen LogP contribution >= 0.6 is 0 Å². The maximum atomic E-state index is 11.1. The summed E-state index contributed by atoms with van der Waals surface area (Å²) < 4.78 is 5.62. The fourth-order valence-electron chi connectivity index (χ4n) is 3.29. The lowest BCUT2D eigenvalue weighted by molar-refractivity contribution is 0.0692. The number of aromatic carboxylic acids is 1. The Kier molecular flexibility index (Phi) is 14.5. The van der Waals surface area contributed by atoms with E-state index in [0.717, 1.165) is 19.3 Å². The normalized spacial score (nSPS) is 10.9. The second kappa shape index (κ2) is 16.6. The number of carboxylic acids is 1. The third-order valence-corrected chi connectivity index (χ3v) is 4.93. The van der Waals surface area contributed by atoms with Gasteiger partial charge in [0.05, 0.1) is 6.61 Å². The van der Waals surface area contributed by atoms with Crippen LogP contribution in [-0.4, -0.2) is 29.4 Å². The van der Waals surface area contributed by atoms with Crippen LogP contribution in [0.15, 0.2) is 24.3 Å². The minimum Gasteiger partial charge on any atom is -0.493 e. The first-order valence-electron chi connectivity index (χ1n) is 10.8. The Morgan fingerprint density at radius 3 is 1.63 bits per heavy atom. The number of unbranched alkanes of at least 4 members (excludes halogenated alkanes) is 13. The van der Waals surface area contributed by atoms with Crippen molar-refractivity contribution >= 4 is 5.97 Å². The molecule has 27 heavy (non-hydrogen) atoms. The topological polar surface area (TPSA) is 66.8 Å². The van der Waals surface area contributed by atoms with Crippen molar-refractivity contribution in [3.05, 3.63) is 29.8 Å². The number of carbonyl (C=O) groups is 1. The fraction of sp³-hybridized carbons (Fsp3) is 0.696. The van der Waals surface area contributed by atoms with Gasteiger partial charge in [0.2, 0.25) is 0 Å². The van der Waals surface area contributed by atoms with Crippen molar-refractivity contribution in [2.24, 2.45) is 0 Å². The van der Waals surface area contributed by atoms with E-state index < -0.39 is 5.97 Å². The van der Waals surface area contributed by atoms with Crippen LogP contribution in [0.4, 0.5) is 0 Å². The maximum Gasteiger partial charge on any atom is 0.339 e. The lowest BCUT2D eigenvalue weighted by atomic mass is 10.0. The summed E-state index contributed by atoms with van der Waals surface area (Å²) in [5.41, 5.74) is 0.239. The van der Waals surface area contributed by atoms with E-state index in [1.165, 1.54) is 70.6 Å². The largest absolute Gasteiger partial charge is 0.493 e. The van der Waals surface area contributed by atoms with E-state index in [0.29, 0.717) is 19.0 Å². The molecule has 0 saturated heterocycles. The summed E-state index contributed by atoms with van der Waals surface area (Å²) in [4.78, 5) is 11.1. The zero-order valence-electron chi connectivity index (χ0n) is 16.8. The van der Waals surface area contributed by atoms with E-state index in [2.05, 4.69) is 0 Å². The number of rotatable bonds is 18. The van der Waals surface area contributed by atoms with Gasteiger partial charge in [-0.3, -0.25) is 0 Å². The van der Waals surface area contributed by atoms with E-state index in [-0.39, 0.29) is 5.56 Å². The summed E-state index contributed by atoms with van der Waals surface area (Å²) >= 11 is 0. The zero-order valence-corrected chi connectivity index (χ0v) is 16.8. The van der Waals surface area contributed by atoms with Gasteiger partial charge in [-0.1, -0.05) is 89.2 Å². The minimum absolute atomic E-state index is 0.239. The Hall–Kier alpha value is -1.55. The van der Waals surface area contributed by atoms with Crippen LogP contribution in [0, 0.1) is 0 Å². The van der Waals surface area contributed by atoms with Gasteiger partial charge in [-0.15, -0.1) is 0 Å². The monoisotopic (exact) mass is 378 g/mol. The van der Waals surface area contributed by atoms with Gasteiger partial charge in [0.15, 0.2) is 0 Å². The summed E-state index contributed by atoms with van der Waals surface area (Å²) in [7, 11) is 0. The van der Waals surface area contributed by atoms with Crippen molar-refractivity contribution in [2.75, 3.05) is 13.2 Å². The van der Waals surface area contributed by atoms with Crippen LogP contribution in [0.2, 0.25) is 0 Å². The molecule has 0 atom stereocenters. The number of aliphatic hydroxyl groups is 1. The van der Waals surface area contributed by atoms with Crippen molar-refractivity contribution in [1.29, 1.82) is 0 Å². The Morgan fingerprint density at radius 1 is 0.704 bits per heavy atom. The molecule has 4 heteroatoms. The molecular weight excluding hydrogens is 340 g/mol. The molecule has 0 spiro atoms. The molecule has 1 aromatic carbocycles. The van der Waals surface area contributed by atoms with Crippen LogP contribution in [-0.2, 0) is 0 Å². The van der Waals surface area contributed by atoms with E-state index in [1.807, 2.05) is 0 Å². The van der Waals surface area contributed by atoms with Gasteiger partial charge in [-0.25, -0.2) is 4.79 Å². The maximum absolute atomic E-state index is 11.1. The van der Waals surface area contributed by atoms with Crippen LogP contribution in [0.25, 0.3) is 0 Å². The van der Waals surface area contributed by atoms with Crippen molar-refractivity contribution in [3.8, 4) is 5.75 Å². The Morgan fingerprint density at radius 2 is 1.15 bits per heavy atom. The highest BCUT2D eigenvalue weighted by atomic mass is 16.5. The lowest BCUT2D eigenvalue weighted by Gasteiger charge is -2.08. The molecule has 0 bridgehead atoms. The number of carboxylic acid groups (broad SMARTS) is 1. The fourth-order valence-corrected chi connectivity index (χ4v) is 3.29. The van der Waals surface area contributed by atoms with Crippen LogP contribution in [0.1, 0.15) is 100 Å². The van der Waals surface area contributed by atoms with Gasteiger partial charge in [0.1, 0.15) is 11.3 Å². The highest BCUT2D eigenvalue weighted by molar-refractivity contribution is 5.90. The van der Waals surface area contributed by atoms with Crippen molar-refractivity contribution < 1.29 is 19.7 Å². The average molecular weight is 379 g/mol. The highest BCUT2D eigenvalue weighted by Gasteiger charge is 2.09. The van der Waals surface area contributed by atoms with E-state index >= 15 is 0 Å². The van der Waals surface area contributed by atoms with Gasteiger partial charge < -0.3 is 14.9 Å². The Balaban J connectivity index is 1.85. The summed E-state index contributed by atoms with van der Waals surface area (Å²) in [6.07, 6.45) is 17.4. The van der Waals surface area contributed by atoms with E-state index in [1.54, 1.807) is 24.3 Å². The molecule has 0 unspecified atom stereocenters. The summed E-state index contributed by atoms with van der Waals surface area (Å²) in [6, 6.07) is 6.82. The van der Waals surface area contributed by atoms with Crippen LogP contribution in [0.3, 0.4) is 0 Å². The number of hydrogen-bond donors (Lipinski definition) is 2. The number of hydrogen-bond acceptors (Lipinski definition) is 3.